The van der Waals surface area contributed by atoms with Gasteiger partial charge in [0.25, 0.3) is 0 Å². The lowest BCUT2D eigenvalue weighted by Gasteiger charge is -2.29. The van der Waals surface area contributed by atoms with Gasteiger partial charge in [0, 0.05) is 0 Å². The molecule has 1 heterocycles. The van der Waals surface area contributed by atoms with Crippen LogP contribution in [-0.4, -0.2) is 36.2 Å². The van der Waals surface area contributed by atoms with E-state index in [2.05, 4.69) is 32.8 Å². The molecule has 1 fully saturated rings. The Balaban J connectivity index is 1.56. The largest absolute Gasteiger partial charge is 0.275 e. The van der Waals surface area contributed by atoms with E-state index in [1.54, 1.807) is 36.4 Å². The van der Waals surface area contributed by atoms with Crippen LogP contribution >= 0.6 is 0 Å². The van der Waals surface area contributed by atoms with Crippen molar-refractivity contribution in [3.05, 3.63) is 59.7 Å². The fraction of sp³-hybridized carbons (Fsp3) is 0.222. The summed E-state index contributed by atoms with van der Waals surface area (Å²) in [5.41, 5.74) is 2.12. The van der Waals surface area contributed by atoms with E-state index < -0.39 is 0 Å². The lowest BCUT2D eigenvalue weighted by molar-refractivity contribution is 0.126. The third kappa shape index (κ3) is 4.19. The van der Waals surface area contributed by atoms with Crippen LogP contribution < -0.4 is 0 Å². The van der Waals surface area contributed by atoms with Gasteiger partial charge in [0.15, 0.2) is 0 Å². The van der Waals surface area contributed by atoms with Crippen molar-refractivity contribution < 1.29 is 0 Å². The second-order valence-corrected chi connectivity index (χ2v) is 5.54. The number of benzene rings is 2. The molecule has 0 aliphatic carbocycles. The summed E-state index contributed by atoms with van der Waals surface area (Å²) in [4.78, 5) is 0. The first-order valence-electron chi connectivity index (χ1n) is 8.11. The summed E-state index contributed by atoms with van der Waals surface area (Å²) in [5.74, 6) is 0. The van der Waals surface area contributed by atoms with Crippen molar-refractivity contribution in [1.29, 1.82) is 10.5 Å². The van der Waals surface area contributed by atoms with Crippen molar-refractivity contribution >= 4 is 11.4 Å². The maximum atomic E-state index is 9.07. The number of rotatable bonds is 4. The van der Waals surface area contributed by atoms with E-state index in [-0.39, 0.29) is 0 Å². The molecule has 26 heavy (non-hydrogen) atoms. The Hall–Kier alpha value is -3.78. The van der Waals surface area contributed by atoms with E-state index in [4.69, 9.17) is 10.5 Å². The third-order valence-electron chi connectivity index (χ3n) is 3.84. The highest BCUT2D eigenvalue weighted by Crippen LogP contribution is 2.20. The molecule has 2 aromatic rings. The molecule has 0 unspecified atom stereocenters. The van der Waals surface area contributed by atoms with Crippen molar-refractivity contribution in [1.82, 2.24) is 10.0 Å². The molecule has 0 aromatic heterocycles. The van der Waals surface area contributed by atoms with Crippen molar-refractivity contribution in [3.8, 4) is 12.1 Å². The maximum Gasteiger partial charge on any atom is 0.105 e. The summed E-state index contributed by atoms with van der Waals surface area (Å²) in [6.07, 6.45) is 0. The molecule has 0 atom stereocenters. The van der Waals surface area contributed by atoms with Gasteiger partial charge in [0.05, 0.1) is 37.3 Å². The van der Waals surface area contributed by atoms with Crippen molar-refractivity contribution in [2.75, 3.05) is 26.2 Å². The van der Waals surface area contributed by atoms with Gasteiger partial charge >= 0.3 is 0 Å². The molecule has 3 rings (SSSR count). The van der Waals surface area contributed by atoms with Crippen LogP contribution in [0.2, 0.25) is 0 Å². The standard InChI is InChI=1S/C18H16N8/c19-13-15-5-1-3-7-17(15)21-23-25-9-11-26(12-10-25)24-22-18-8-4-2-6-16(18)14-20/h1-8H,9-12H2. The Morgan fingerprint density at radius 2 is 1.04 bits per heavy atom. The molecule has 1 aliphatic rings. The van der Waals surface area contributed by atoms with E-state index in [1.807, 2.05) is 22.2 Å². The Morgan fingerprint density at radius 3 is 1.42 bits per heavy atom. The zero-order valence-corrected chi connectivity index (χ0v) is 14.0. The Kier molecular flexibility index (Phi) is 5.48. The topological polar surface area (TPSA) is 104 Å². The average molecular weight is 344 g/mol. The Morgan fingerprint density at radius 1 is 0.654 bits per heavy atom. The molecule has 8 nitrogen and oxygen atoms in total. The molecule has 0 amide bonds. The van der Waals surface area contributed by atoms with Crippen LogP contribution in [0.4, 0.5) is 11.4 Å². The molecule has 0 N–H and O–H groups in total. The van der Waals surface area contributed by atoms with Gasteiger partial charge in [0.2, 0.25) is 0 Å². The normalized spacial score (nSPS) is 14.5. The molecule has 0 bridgehead atoms. The number of nitrogens with zero attached hydrogens (tertiary/aromatic N) is 8. The Bertz CT molecular complexity index is 822. The lowest BCUT2D eigenvalue weighted by atomic mass is 10.2. The van der Waals surface area contributed by atoms with Gasteiger partial charge < -0.3 is 0 Å². The van der Waals surface area contributed by atoms with Crippen molar-refractivity contribution in [2.45, 2.75) is 0 Å². The number of hydrogen-bond acceptors (Lipinski definition) is 6. The average Bonchev–Trinajstić information content (AvgIpc) is 2.72. The van der Waals surface area contributed by atoms with E-state index in [0.717, 1.165) is 0 Å². The predicted molar refractivity (Wildman–Crippen MR) is 94.5 cm³/mol. The number of hydrogen-bond donors (Lipinski definition) is 0. The first-order valence-corrected chi connectivity index (χ1v) is 8.11. The van der Waals surface area contributed by atoms with Gasteiger partial charge in [-0.2, -0.15) is 10.5 Å². The molecular weight excluding hydrogens is 328 g/mol. The molecule has 0 saturated carbocycles. The Labute approximate surface area is 151 Å². The quantitative estimate of drug-likeness (QED) is 0.788. The van der Waals surface area contributed by atoms with E-state index >= 15 is 0 Å². The second-order valence-electron chi connectivity index (χ2n) is 5.54. The molecule has 1 aliphatic heterocycles. The van der Waals surface area contributed by atoms with Crippen LogP contribution in [0.25, 0.3) is 0 Å². The number of nitriles is 2. The minimum atomic E-state index is 0.500. The zero-order chi connectivity index (χ0) is 18.2. The molecule has 0 spiro atoms. The first kappa shape index (κ1) is 17.1. The molecule has 8 heteroatoms. The van der Waals surface area contributed by atoms with E-state index in [0.29, 0.717) is 48.7 Å². The van der Waals surface area contributed by atoms with E-state index in [9.17, 15) is 0 Å². The minimum Gasteiger partial charge on any atom is -0.275 e. The summed E-state index contributed by atoms with van der Waals surface area (Å²) in [6, 6.07) is 18.4. The smallest absolute Gasteiger partial charge is 0.105 e. The van der Waals surface area contributed by atoms with Crippen LogP contribution in [0.3, 0.4) is 0 Å². The van der Waals surface area contributed by atoms with Crippen LogP contribution in [0.1, 0.15) is 11.1 Å². The zero-order valence-electron chi connectivity index (χ0n) is 14.0. The van der Waals surface area contributed by atoms with Gasteiger partial charge in [0.1, 0.15) is 23.5 Å². The van der Waals surface area contributed by atoms with Gasteiger partial charge in [-0.15, -0.1) is 10.2 Å². The first-order chi connectivity index (χ1) is 12.8. The minimum absolute atomic E-state index is 0.500. The highest BCUT2D eigenvalue weighted by Gasteiger charge is 2.14. The molecule has 2 aromatic carbocycles. The summed E-state index contributed by atoms with van der Waals surface area (Å²) in [7, 11) is 0. The summed E-state index contributed by atoms with van der Waals surface area (Å²) >= 11 is 0. The van der Waals surface area contributed by atoms with Gasteiger partial charge in [-0.25, -0.2) is 0 Å². The molecule has 128 valence electrons. The molecular formula is C18H16N8. The highest BCUT2D eigenvalue weighted by atomic mass is 15.6. The third-order valence-corrected chi connectivity index (χ3v) is 3.84. The number of piperazine rings is 1. The van der Waals surface area contributed by atoms with Crippen molar-refractivity contribution in [2.24, 2.45) is 20.7 Å². The fourth-order valence-corrected chi connectivity index (χ4v) is 2.40. The van der Waals surface area contributed by atoms with Crippen LogP contribution in [0.15, 0.2) is 69.2 Å². The van der Waals surface area contributed by atoms with Gasteiger partial charge in [-0.1, -0.05) is 34.7 Å². The van der Waals surface area contributed by atoms with Crippen LogP contribution in [-0.2, 0) is 0 Å². The van der Waals surface area contributed by atoms with E-state index in [1.165, 1.54) is 0 Å². The van der Waals surface area contributed by atoms with Crippen LogP contribution in [0.5, 0.6) is 0 Å². The van der Waals surface area contributed by atoms with Crippen molar-refractivity contribution in [3.63, 3.8) is 0 Å². The predicted octanol–water partition coefficient (Wildman–Crippen LogP) is 3.75. The van der Waals surface area contributed by atoms with Crippen LogP contribution in [0, 0.1) is 22.7 Å². The molecule has 0 radical (unpaired) electrons. The monoisotopic (exact) mass is 344 g/mol. The lowest BCUT2D eigenvalue weighted by Crippen LogP contribution is -2.40. The molecule has 1 saturated heterocycles. The fourth-order valence-electron chi connectivity index (χ4n) is 2.40. The maximum absolute atomic E-state index is 9.07. The highest BCUT2D eigenvalue weighted by molar-refractivity contribution is 5.52. The summed E-state index contributed by atoms with van der Waals surface area (Å²) < 4.78 is 0. The summed E-state index contributed by atoms with van der Waals surface area (Å²) in [6.45, 7) is 2.60. The SMILES string of the molecule is N#Cc1ccccc1N=NN1CCN(N=Nc2ccccc2C#N)CC1. The second kappa shape index (κ2) is 8.36. The summed E-state index contributed by atoms with van der Waals surface area (Å²) in [5, 5.41) is 38.5. The van der Waals surface area contributed by atoms with Gasteiger partial charge in [-0.3, -0.25) is 10.0 Å². The van der Waals surface area contributed by atoms with Gasteiger partial charge in [-0.05, 0) is 24.3 Å².